The Bertz CT molecular complexity index is 460. The maximum Gasteiger partial charge on any atom is 0.111 e. The van der Waals surface area contributed by atoms with Crippen LogP contribution in [-0.4, -0.2) is 10.2 Å². The Morgan fingerprint density at radius 2 is 1.93 bits per heavy atom. The second kappa shape index (κ2) is 3.46. The Hall–Kier alpha value is -1.28. The van der Waals surface area contributed by atoms with Crippen molar-refractivity contribution in [2.24, 2.45) is 0 Å². The summed E-state index contributed by atoms with van der Waals surface area (Å²) in [5.41, 5.74) is 4.01. The van der Waals surface area contributed by atoms with Crippen molar-refractivity contribution in [1.29, 1.82) is 0 Å². The largest absolute Gasteiger partial charge is 0.281 e. The number of rotatable bonds is 1. The highest BCUT2D eigenvalue weighted by Gasteiger charge is 2.10. The summed E-state index contributed by atoms with van der Waals surface area (Å²) in [7, 11) is 0. The lowest BCUT2D eigenvalue weighted by Crippen LogP contribution is -1.83. The first-order valence-corrected chi connectivity index (χ1v) is 4.84. The Labute approximate surface area is 87.9 Å². The number of benzene rings is 1. The van der Waals surface area contributed by atoms with Crippen LogP contribution in [0.5, 0.6) is 0 Å². The number of nitrogens with zero attached hydrogens (tertiary/aromatic N) is 1. The van der Waals surface area contributed by atoms with Gasteiger partial charge in [-0.15, -0.1) is 0 Å². The van der Waals surface area contributed by atoms with E-state index in [1.165, 1.54) is 5.56 Å². The van der Waals surface area contributed by atoms with E-state index in [1.54, 1.807) is 0 Å². The number of aromatic amines is 1. The minimum Gasteiger partial charge on any atom is -0.281 e. The Kier molecular flexibility index (Phi) is 2.30. The maximum absolute atomic E-state index is 6.12. The molecule has 0 fully saturated rings. The molecule has 72 valence electrons. The molecule has 0 radical (unpaired) electrons. The van der Waals surface area contributed by atoms with Crippen LogP contribution in [-0.2, 0) is 0 Å². The van der Waals surface area contributed by atoms with Crippen molar-refractivity contribution in [3.63, 3.8) is 0 Å². The summed E-state index contributed by atoms with van der Waals surface area (Å²) in [5, 5.41) is 7.78. The van der Waals surface area contributed by atoms with Crippen LogP contribution in [0.2, 0.25) is 5.02 Å². The number of hydrogen-bond acceptors (Lipinski definition) is 1. The predicted octanol–water partition coefficient (Wildman–Crippen LogP) is 3.35. The van der Waals surface area contributed by atoms with Gasteiger partial charge in [-0.05, 0) is 19.4 Å². The molecule has 2 aromatic rings. The molecule has 2 rings (SSSR count). The fraction of sp³-hybridized carbons (Fsp3) is 0.182. The Balaban J connectivity index is 2.60. The zero-order valence-corrected chi connectivity index (χ0v) is 8.89. The van der Waals surface area contributed by atoms with Crippen LogP contribution in [0.1, 0.15) is 11.3 Å². The van der Waals surface area contributed by atoms with Gasteiger partial charge in [-0.1, -0.05) is 35.9 Å². The fourth-order valence-corrected chi connectivity index (χ4v) is 1.62. The first-order chi connectivity index (χ1) is 6.70. The van der Waals surface area contributed by atoms with Crippen molar-refractivity contribution in [2.45, 2.75) is 13.8 Å². The molecular formula is C11H11ClN2. The molecule has 1 aromatic heterocycles. The quantitative estimate of drug-likeness (QED) is 0.762. The first kappa shape index (κ1) is 9.28. The van der Waals surface area contributed by atoms with Crippen LogP contribution in [0.4, 0.5) is 0 Å². The van der Waals surface area contributed by atoms with Gasteiger partial charge in [-0.3, -0.25) is 5.10 Å². The molecule has 1 N–H and O–H groups in total. The van der Waals surface area contributed by atoms with E-state index in [2.05, 4.69) is 23.2 Å². The molecule has 0 atom stereocenters. The molecular weight excluding hydrogens is 196 g/mol. The zero-order valence-electron chi connectivity index (χ0n) is 8.13. The van der Waals surface area contributed by atoms with Crippen LogP contribution in [0.3, 0.4) is 0 Å². The molecule has 1 aromatic carbocycles. The number of aryl methyl sites for hydroxylation is 2. The number of nitrogens with one attached hydrogen (secondary N) is 1. The molecule has 0 aliphatic carbocycles. The van der Waals surface area contributed by atoms with E-state index in [0.717, 1.165) is 17.0 Å². The molecule has 0 saturated carbocycles. The summed E-state index contributed by atoms with van der Waals surface area (Å²) in [4.78, 5) is 0. The van der Waals surface area contributed by atoms with Gasteiger partial charge in [0.1, 0.15) is 5.69 Å². The Morgan fingerprint density at radius 1 is 1.21 bits per heavy atom. The van der Waals surface area contributed by atoms with Crippen molar-refractivity contribution >= 4 is 11.6 Å². The average molecular weight is 207 g/mol. The number of halogens is 1. The van der Waals surface area contributed by atoms with Crippen molar-refractivity contribution < 1.29 is 0 Å². The van der Waals surface area contributed by atoms with Gasteiger partial charge in [0.2, 0.25) is 0 Å². The average Bonchev–Trinajstić information content (AvgIpc) is 2.49. The van der Waals surface area contributed by atoms with Crippen LogP contribution < -0.4 is 0 Å². The lowest BCUT2D eigenvalue weighted by molar-refractivity contribution is 1.05. The van der Waals surface area contributed by atoms with Gasteiger partial charge in [-0.2, -0.15) is 5.10 Å². The van der Waals surface area contributed by atoms with Crippen LogP contribution in [0, 0.1) is 13.8 Å². The number of aromatic nitrogens is 2. The highest BCUT2D eigenvalue weighted by molar-refractivity contribution is 6.33. The predicted molar refractivity (Wildman–Crippen MR) is 58.5 cm³/mol. The van der Waals surface area contributed by atoms with Gasteiger partial charge < -0.3 is 0 Å². The lowest BCUT2D eigenvalue weighted by Gasteiger charge is -2.01. The van der Waals surface area contributed by atoms with Gasteiger partial charge in [0, 0.05) is 5.56 Å². The molecule has 0 aliphatic rings. The second-order valence-electron chi connectivity index (χ2n) is 3.33. The van der Waals surface area contributed by atoms with E-state index < -0.39 is 0 Å². The summed E-state index contributed by atoms with van der Waals surface area (Å²) < 4.78 is 0. The molecule has 2 nitrogen and oxygen atoms in total. The van der Waals surface area contributed by atoms with Crippen molar-refractivity contribution in [2.75, 3.05) is 0 Å². The van der Waals surface area contributed by atoms with E-state index >= 15 is 0 Å². The normalized spacial score (nSPS) is 10.5. The fourth-order valence-electron chi connectivity index (χ4n) is 1.43. The number of H-pyrrole nitrogens is 1. The first-order valence-electron chi connectivity index (χ1n) is 4.46. The molecule has 1 heterocycles. The minimum atomic E-state index is 0.708. The third-order valence-corrected chi connectivity index (χ3v) is 2.74. The van der Waals surface area contributed by atoms with Gasteiger partial charge in [0.05, 0.1) is 10.7 Å². The van der Waals surface area contributed by atoms with E-state index in [1.807, 2.05) is 25.1 Å². The SMILES string of the molecule is Cc1ccccc1-c1n[nH]c(C)c1Cl. The number of hydrogen-bond donors (Lipinski definition) is 1. The molecule has 0 bridgehead atoms. The van der Waals surface area contributed by atoms with Gasteiger partial charge in [-0.25, -0.2) is 0 Å². The van der Waals surface area contributed by atoms with E-state index in [0.29, 0.717) is 5.02 Å². The van der Waals surface area contributed by atoms with Crippen molar-refractivity contribution in [1.82, 2.24) is 10.2 Å². The van der Waals surface area contributed by atoms with Gasteiger partial charge >= 0.3 is 0 Å². The van der Waals surface area contributed by atoms with E-state index in [-0.39, 0.29) is 0 Å². The highest BCUT2D eigenvalue weighted by atomic mass is 35.5. The Morgan fingerprint density at radius 3 is 2.50 bits per heavy atom. The molecule has 3 heteroatoms. The van der Waals surface area contributed by atoms with Gasteiger partial charge in [0.15, 0.2) is 0 Å². The zero-order chi connectivity index (χ0) is 10.1. The maximum atomic E-state index is 6.12. The van der Waals surface area contributed by atoms with Gasteiger partial charge in [0.25, 0.3) is 0 Å². The van der Waals surface area contributed by atoms with Crippen LogP contribution in [0.25, 0.3) is 11.3 Å². The molecule has 0 amide bonds. The van der Waals surface area contributed by atoms with E-state index in [9.17, 15) is 0 Å². The molecule has 0 aliphatic heterocycles. The molecule has 0 spiro atoms. The summed E-state index contributed by atoms with van der Waals surface area (Å²) in [6, 6.07) is 8.07. The summed E-state index contributed by atoms with van der Waals surface area (Å²) >= 11 is 6.12. The standard InChI is InChI=1S/C11H11ClN2/c1-7-5-3-4-6-9(7)11-10(12)8(2)13-14-11/h3-6H,1-2H3,(H,13,14). The highest BCUT2D eigenvalue weighted by Crippen LogP contribution is 2.29. The lowest BCUT2D eigenvalue weighted by atomic mass is 10.1. The van der Waals surface area contributed by atoms with Crippen molar-refractivity contribution in [3.05, 3.63) is 40.5 Å². The van der Waals surface area contributed by atoms with E-state index in [4.69, 9.17) is 11.6 Å². The van der Waals surface area contributed by atoms with Crippen molar-refractivity contribution in [3.8, 4) is 11.3 Å². The third kappa shape index (κ3) is 1.42. The minimum absolute atomic E-state index is 0.708. The second-order valence-corrected chi connectivity index (χ2v) is 3.70. The summed E-state index contributed by atoms with van der Waals surface area (Å²) in [6.45, 7) is 3.97. The monoisotopic (exact) mass is 206 g/mol. The van der Waals surface area contributed by atoms with Crippen LogP contribution in [0.15, 0.2) is 24.3 Å². The summed E-state index contributed by atoms with van der Waals surface area (Å²) in [5.74, 6) is 0. The van der Waals surface area contributed by atoms with Crippen LogP contribution >= 0.6 is 11.6 Å². The summed E-state index contributed by atoms with van der Waals surface area (Å²) in [6.07, 6.45) is 0. The third-order valence-electron chi connectivity index (χ3n) is 2.27. The molecule has 0 unspecified atom stereocenters. The smallest absolute Gasteiger partial charge is 0.111 e. The molecule has 0 saturated heterocycles. The topological polar surface area (TPSA) is 28.7 Å². The molecule has 14 heavy (non-hydrogen) atoms.